The predicted octanol–water partition coefficient (Wildman–Crippen LogP) is 0.723. The summed E-state index contributed by atoms with van der Waals surface area (Å²) in [6.45, 7) is 1.16. The van der Waals surface area contributed by atoms with E-state index in [-0.39, 0.29) is 17.7 Å². The highest BCUT2D eigenvalue weighted by molar-refractivity contribution is 5.94. The summed E-state index contributed by atoms with van der Waals surface area (Å²) in [7, 11) is 0. The number of nitrogens with zero attached hydrogens (tertiary/aromatic N) is 1. The maximum absolute atomic E-state index is 11.5. The molecule has 84 valence electrons. The average Bonchev–Trinajstić information content (AvgIpc) is 3.10. The molecule has 0 saturated carbocycles. The number of nitro benzene ring substituents is 1. The molecular formula is C10H10N2O4. The van der Waals surface area contributed by atoms with Crippen molar-refractivity contribution in [1.82, 2.24) is 5.32 Å². The quantitative estimate of drug-likeness (QED) is 0.462. The fraction of sp³-hybridized carbons (Fsp3) is 0.300. The highest BCUT2D eigenvalue weighted by atomic mass is 16.6. The summed E-state index contributed by atoms with van der Waals surface area (Å²) >= 11 is 0. The van der Waals surface area contributed by atoms with E-state index in [1.807, 2.05) is 0 Å². The molecule has 1 amide bonds. The van der Waals surface area contributed by atoms with Gasteiger partial charge in [-0.1, -0.05) is 0 Å². The lowest BCUT2D eigenvalue weighted by Crippen LogP contribution is -2.27. The lowest BCUT2D eigenvalue weighted by Gasteiger charge is -2.02. The van der Waals surface area contributed by atoms with Gasteiger partial charge in [0, 0.05) is 24.2 Å². The molecule has 1 aromatic carbocycles. The van der Waals surface area contributed by atoms with Crippen molar-refractivity contribution in [3.05, 3.63) is 39.9 Å². The third-order valence-corrected chi connectivity index (χ3v) is 2.23. The van der Waals surface area contributed by atoms with Crippen LogP contribution in [0.1, 0.15) is 10.4 Å². The average molecular weight is 222 g/mol. The summed E-state index contributed by atoms with van der Waals surface area (Å²) in [4.78, 5) is 21.4. The van der Waals surface area contributed by atoms with Gasteiger partial charge in [-0.3, -0.25) is 14.9 Å². The molecule has 0 radical (unpaired) electrons. The van der Waals surface area contributed by atoms with Crippen molar-refractivity contribution < 1.29 is 14.5 Å². The van der Waals surface area contributed by atoms with Gasteiger partial charge in [0.15, 0.2) is 0 Å². The van der Waals surface area contributed by atoms with E-state index in [0.29, 0.717) is 18.7 Å². The molecule has 0 bridgehead atoms. The van der Waals surface area contributed by atoms with Crippen LogP contribution in [-0.4, -0.2) is 30.1 Å². The Labute approximate surface area is 91.4 Å². The number of hydrogen-bond donors (Lipinski definition) is 1. The van der Waals surface area contributed by atoms with Crippen molar-refractivity contribution in [2.45, 2.75) is 6.10 Å². The molecule has 1 saturated heterocycles. The third-order valence-electron chi connectivity index (χ3n) is 2.23. The first-order chi connectivity index (χ1) is 7.66. The second-order valence-corrected chi connectivity index (χ2v) is 3.47. The third kappa shape index (κ3) is 2.54. The Kier molecular flexibility index (Phi) is 2.82. The maximum atomic E-state index is 11.5. The van der Waals surface area contributed by atoms with Gasteiger partial charge < -0.3 is 10.1 Å². The number of carbonyl (C=O) groups excluding carboxylic acids is 1. The van der Waals surface area contributed by atoms with E-state index in [1.165, 1.54) is 24.3 Å². The molecule has 1 N–H and O–H groups in total. The monoisotopic (exact) mass is 222 g/mol. The van der Waals surface area contributed by atoms with E-state index >= 15 is 0 Å². The minimum Gasteiger partial charge on any atom is -0.371 e. The van der Waals surface area contributed by atoms with Crippen LogP contribution in [0.3, 0.4) is 0 Å². The molecule has 1 heterocycles. The zero-order chi connectivity index (χ0) is 11.5. The molecule has 6 heteroatoms. The van der Waals surface area contributed by atoms with Crippen molar-refractivity contribution >= 4 is 11.6 Å². The van der Waals surface area contributed by atoms with E-state index in [1.54, 1.807) is 0 Å². The van der Waals surface area contributed by atoms with Crippen molar-refractivity contribution in [3.8, 4) is 0 Å². The van der Waals surface area contributed by atoms with Crippen LogP contribution >= 0.6 is 0 Å². The van der Waals surface area contributed by atoms with Crippen molar-refractivity contribution in [2.75, 3.05) is 13.2 Å². The Balaban J connectivity index is 1.96. The van der Waals surface area contributed by atoms with Gasteiger partial charge in [0.2, 0.25) is 0 Å². The lowest BCUT2D eigenvalue weighted by molar-refractivity contribution is -0.384. The van der Waals surface area contributed by atoms with Crippen LogP contribution in [0, 0.1) is 10.1 Å². The van der Waals surface area contributed by atoms with Crippen molar-refractivity contribution in [3.63, 3.8) is 0 Å². The van der Waals surface area contributed by atoms with Crippen molar-refractivity contribution in [2.24, 2.45) is 0 Å². The summed E-state index contributed by atoms with van der Waals surface area (Å²) in [5.41, 5.74) is 0.383. The number of carbonyl (C=O) groups is 1. The number of rotatable bonds is 4. The molecule has 0 aliphatic carbocycles. The van der Waals surface area contributed by atoms with Crippen LogP contribution < -0.4 is 5.32 Å². The lowest BCUT2D eigenvalue weighted by atomic mass is 10.2. The molecule has 1 aromatic rings. The maximum Gasteiger partial charge on any atom is 0.269 e. The van der Waals surface area contributed by atoms with Crippen LogP contribution in [0.5, 0.6) is 0 Å². The zero-order valence-corrected chi connectivity index (χ0v) is 8.38. The van der Waals surface area contributed by atoms with Gasteiger partial charge in [0.05, 0.1) is 17.6 Å². The fourth-order valence-electron chi connectivity index (χ4n) is 1.23. The van der Waals surface area contributed by atoms with Crippen LogP contribution in [0.4, 0.5) is 5.69 Å². The smallest absolute Gasteiger partial charge is 0.269 e. The van der Waals surface area contributed by atoms with Crippen molar-refractivity contribution in [1.29, 1.82) is 0 Å². The predicted molar refractivity (Wildman–Crippen MR) is 55.2 cm³/mol. The number of nitrogens with one attached hydrogen (secondary N) is 1. The highest BCUT2D eigenvalue weighted by Gasteiger charge is 2.22. The summed E-state index contributed by atoms with van der Waals surface area (Å²) in [5, 5.41) is 13.1. The molecule has 0 aromatic heterocycles. The van der Waals surface area contributed by atoms with Crippen LogP contribution in [0.2, 0.25) is 0 Å². The van der Waals surface area contributed by atoms with Gasteiger partial charge in [0.1, 0.15) is 0 Å². The zero-order valence-electron chi connectivity index (χ0n) is 8.38. The number of ether oxygens (including phenoxy) is 1. The van der Waals surface area contributed by atoms with E-state index in [9.17, 15) is 14.9 Å². The second-order valence-electron chi connectivity index (χ2n) is 3.47. The Morgan fingerprint density at radius 2 is 2.12 bits per heavy atom. The van der Waals surface area contributed by atoms with Gasteiger partial charge in [-0.05, 0) is 12.1 Å². The number of benzene rings is 1. The summed E-state index contributed by atoms with van der Waals surface area (Å²) in [6, 6.07) is 5.48. The fourth-order valence-corrected chi connectivity index (χ4v) is 1.23. The minimum atomic E-state index is -0.500. The number of non-ortho nitro benzene ring substituents is 1. The van der Waals surface area contributed by atoms with Gasteiger partial charge in [0.25, 0.3) is 11.6 Å². The van der Waals surface area contributed by atoms with E-state index < -0.39 is 4.92 Å². The Morgan fingerprint density at radius 3 is 2.62 bits per heavy atom. The van der Waals surface area contributed by atoms with Gasteiger partial charge >= 0.3 is 0 Å². The van der Waals surface area contributed by atoms with Gasteiger partial charge in [-0.15, -0.1) is 0 Å². The number of nitro groups is 1. The topological polar surface area (TPSA) is 84.8 Å². The van der Waals surface area contributed by atoms with Crippen LogP contribution in [0.25, 0.3) is 0 Å². The SMILES string of the molecule is O=C(NCC1CO1)c1ccc([N+](=O)[O-])cc1. The molecule has 0 spiro atoms. The summed E-state index contributed by atoms with van der Waals surface area (Å²) in [6.07, 6.45) is 0.127. The largest absolute Gasteiger partial charge is 0.371 e. The van der Waals surface area contributed by atoms with Gasteiger partial charge in [-0.2, -0.15) is 0 Å². The normalized spacial score (nSPS) is 17.9. The van der Waals surface area contributed by atoms with E-state index in [0.717, 1.165) is 0 Å². The second kappa shape index (κ2) is 4.28. The summed E-state index contributed by atoms with van der Waals surface area (Å²) in [5.74, 6) is -0.245. The highest BCUT2D eigenvalue weighted by Crippen LogP contribution is 2.12. The Morgan fingerprint density at radius 1 is 1.50 bits per heavy atom. The first kappa shape index (κ1) is 10.6. The standard InChI is InChI=1S/C10H10N2O4/c13-10(11-5-9-6-16-9)7-1-3-8(4-2-7)12(14)15/h1-4,9H,5-6H2,(H,11,13). The van der Waals surface area contributed by atoms with E-state index in [2.05, 4.69) is 5.32 Å². The Bertz CT molecular complexity index is 411. The number of epoxide rings is 1. The van der Waals surface area contributed by atoms with Crippen LogP contribution in [-0.2, 0) is 4.74 Å². The molecule has 1 unspecified atom stereocenters. The molecule has 1 aliphatic heterocycles. The van der Waals surface area contributed by atoms with Crippen LogP contribution in [0.15, 0.2) is 24.3 Å². The minimum absolute atomic E-state index is 0.0259. The molecule has 2 rings (SSSR count). The van der Waals surface area contributed by atoms with Gasteiger partial charge in [-0.25, -0.2) is 0 Å². The number of hydrogen-bond acceptors (Lipinski definition) is 4. The molecule has 6 nitrogen and oxygen atoms in total. The van der Waals surface area contributed by atoms with E-state index in [4.69, 9.17) is 4.74 Å². The molecule has 16 heavy (non-hydrogen) atoms. The first-order valence-electron chi connectivity index (χ1n) is 4.81. The molecular weight excluding hydrogens is 212 g/mol. The Hall–Kier alpha value is -1.95. The number of amides is 1. The molecule has 1 atom stereocenters. The summed E-state index contributed by atoms with van der Waals surface area (Å²) < 4.78 is 4.94. The molecule has 1 fully saturated rings. The molecule has 1 aliphatic rings. The first-order valence-corrected chi connectivity index (χ1v) is 4.81.